The third-order valence-corrected chi connectivity index (χ3v) is 2.39. The SMILES string of the molecule is Nc1ncc(Br)n1-c1ccc(F)cc1. The molecular weight excluding hydrogens is 249 g/mol. The molecule has 0 bridgehead atoms. The molecule has 0 aliphatic rings. The number of rotatable bonds is 1. The Morgan fingerprint density at radius 3 is 2.43 bits per heavy atom. The van der Waals surface area contributed by atoms with Crippen molar-refractivity contribution in [3.8, 4) is 5.69 Å². The zero-order valence-electron chi connectivity index (χ0n) is 7.11. The number of anilines is 1. The molecule has 72 valence electrons. The quantitative estimate of drug-likeness (QED) is 0.851. The van der Waals surface area contributed by atoms with Gasteiger partial charge in [-0.1, -0.05) is 0 Å². The van der Waals surface area contributed by atoms with Gasteiger partial charge in [-0.2, -0.15) is 0 Å². The first-order chi connectivity index (χ1) is 6.68. The van der Waals surface area contributed by atoms with Crippen molar-refractivity contribution in [1.29, 1.82) is 0 Å². The molecule has 14 heavy (non-hydrogen) atoms. The first kappa shape index (κ1) is 9.21. The van der Waals surface area contributed by atoms with Crippen LogP contribution < -0.4 is 5.73 Å². The molecule has 0 saturated carbocycles. The normalized spacial score (nSPS) is 10.4. The standard InChI is InChI=1S/C9H7BrFN3/c10-8-5-13-9(12)14(8)7-3-1-6(11)2-4-7/h1-5H,(H2,12,13). The maximum Gasteiger partial charge on any atom is 0.205 e. The van der Waals surface area contributed by atoms with Crippen LogP contribution in [0.15, 0.2) is 35.1 Å². The lowest BCUT2D eigenvalue weighted by Gasteiger charge is -2.05. The number of imidazole rings is 1. The first-order valence-electron chi connectivity index (χ1n) is 3.93. The van der Waals surface area contributed by atoms with Gasteiger partial charge in [-0.15, -0.1) is 0 Å². The number of aromatic nitrogens is 2. The molecule has 0 atom stereocenters. The predicted octanol–water partition coefficient (Wildman–Crippen LogP) is 2.36. The van der Waals surface area contributed by atoms with Gasteiger partial charge in [0.15, 0.2) is 0 Å². The van der Waals surface area contributed by atoms with E-state index in [-0.39, 0.29) is 5.82 Å². The van der Waals surface area contributed by atoms with Gasteiger partial charge in [-0.05, 0) is 40.2 Å². The van der Waals surface area contributed by atoms with Gasteiger partial charge in [0.2, 0.25) is 5.95 Å². The molecule has 0 amide bonds. The van der Waals surface area contributed by atoms with Crippen LogP contribution in [0, 0.1) is 5.82 Å². The Morgan fingerprint density at radius 1 is 1.29 bits per heavy atom. The summed E-state index contributed by atoms with van der Waals surface area (Å²) in [5, 5.41) is 0. The molecule has 0 aliphatic carbocycles. The maximum absolute atomic E-state index is 12.7. The average Bonchev–Trinajstić information content (AvgIpc) is 2.49. The number of hydrogen-bond acceptors (Lipinski definition) is 2. The molecule has 5 heteroatoms. The van der Waals surface area contributed by atoms with Gasteiger partial charge in [0, 0.05) is 5.69 Å². The number of hydrogen-bond donors (Lipinski definition) is 1. The monoisotopic (exact) mass is 255 g/mol. The molecule has 1 aromatic heterocycles. The second kappa shape index (κ2) is 3.42. The minimum absolute atomic E-state index is 0.274. The van der Waals surface area contributed by atoms with Gasteiger partial charge in [-0.25, -0.2) is 9.37 Å². The zero-order valence-corrected chi connectivity index (χ0v) is 8.70. The largest absolute Gasteiger partial charge is 0.369 e. The number of nitrogen functional groups attached to an aromatic ring is 1. The Bertz CT molecular complexity index is 430. The maximum atomic E-state index is 12.7. The van der Waals surface area contributed by atoms with Crippen LogP contribution in [0.5, 0.6) is 0 Å². The van der Waals surface area contributed by atoms with Crippen molar-refractivity contribution in [2.75, 3.05) is 5.73 Å². The average molecular weight is 256 g/mol. The highest BCUT2D eigenvalue weighted by molar-refractivity contribution is 9.10. The fourth-order valence-corrected chi connectivity index (χ4v) is 1.68. The van der Waals surface area contributed by atoms with Crippen molar-refractivity contribution in [3.63, 3.8) is 0 Å². The number of benzene rings is 1. The summed E-state index contributed by atoms with van der Waals surface area (Å²) in [7, 11) is 0. The third-order valence-electron chi connectivity index (χ3n) is 1.83. The molecule has 2 N–H and O–H groups in total. The van der Waals surface area contributed by atoms with E-state index in [1.165, 1.54) is 12.1 Å². The first-order valence-corrected chi connectivity index (χ1v) is 4.72. The van der Waals surface area contributed by atoms with Gasteiger partial charge in [0.05, 0.1) is 6.20 Å². The van der Waals surface area contributed by atoms with Crippen LogP contribution in [0.25, 0.3) is 5.69 Å². The Labute approximate surface area is 88.5 Å². The molecule has 0 unspecified atom stereocenters. The second-order valence-electron chi connectivity index (χ2n) is 2.75. The van der Waals surface area contributed by atoms with Crippen molar-refractivity contribution < 1.29 is 4.39 Å². The molecule has 0 saturated heterocycles. The lowest BCUT2D eigenvalue weighted by molar-refractivity contribution is 0.627. The summed E-state index contributed by atoms with van der Waals surface area (Å²) < 4.78 is 15.1. The van der Waals surface area contributed by atoms with Crippen molar-refractivity contribution in [2.45, 2.75) is 0 Å². The highest BCUT2D eigenvalue weighted by Gasteiger charge is 2.06. The van der Waals surface area contributed by atoms with Crippen molar-refractivity contribution in [2.24, 2.45) is 0 Å². The summed E-state index contributed by atoms with van der Waals surface area (Å²) in [6.07, 6.45) is 1.60. The molecule has 0 radical (unpaired) electrons. The fraction of sp³-hybridized carbons (Fsp3) is 0. The molecule has 0 fully saturated rings. The minimum Gasteiger partial charge on any atom is -0.369 e. The summed E-state index contributed by atoms with van der Waals surface area (Å²) in [4.78, 5) is 3.92. The van der Waals surface area contributed by atoms with Crippen molar-refractivity contribution >= 4 is 21.9 Å². The van der Waals surface area contributed by atoms with Crippen molar-refractivity contribution in [1.82, 2.24) is 9.55 Å². The third kappa shape index (κ3) is 1.50. The van der Waals surface area contributed by atoms with E-state index in [2.05, 4.69) is 20.9 Å². The smallest absolute Gasteiger partial charge is 0.205 e. The predicted molar refractivity (Wildman–Crippen MR) is 55.6 cm³/mol. The van der Waals surface area contributed by atoms with Crippen LogP contribution in [0.4, 0.5) is 10.3 Å². The van der Waals surface area contributed by atoms with Crippen LogP contribution in [-0.2, 0) is 0 Å². The van der Waals surface area contributed by atoms with Gasteiger partial charge in [0.1, 0.15) is 10.4 Å². The van der Waals surface area contributed by atoms with Crippen molar-refractivity contribution in [3.05, 3.63) is 40.9 Å². The van der Waals surface area contributed by atoms with E-state index in [0.717, 1.165) is 10.3 Å². The van der Waals surface area contributed by atoms with Gasteiger partial charge < -0.3 is 5.73 Å². The van der Waals surface area contributed by atoms with E-state index in [1.807, 2.05) is 0 Å². The molecular formula is C9H7BrFN3. The molecule has 1 heterocycles. The van der Waals surface area contributed by atoms with Crippen LogP contribution >= 0.6 is 15.9 Å². The summed E-state index contributed by atoms with van der Waals surface area (Å²) in [6.45, 7) is 0. The van der Waals surface area contributed by atoms with E-state index in [4.69, 9.17) is 5.73 Å². The number of halogens is 2. The fourth-order valence-electron chi connectivity index (χ4n) is 1.19. The molecule has 1 aromatic carbocycles. The lowest BCUT2D eigenvalue weighted by Crippen LogP contribution is -2.00. The van der Waals surface area contributed by atoms with Crippen LogP contribution in [0.1, 0.15) is 0 Å². The number of nitrogens with two attached hydrogens (primary N) is 1. The zero-order chi connectivity index (χ0) is 10.1. The highest BCUT2D eigenvalue weighted by Crippen LogP contribution is 2.20. The highest BCUT2D eigenvalue weighted by atomic mass is 79.9. The number of nitrogens with zero attached hydrogens (tertiary/aromatic N) is 2. The second-order valence-corrected chi connectivity index (χ2v) is 3.56. The molecule has 2 rings (SSSR count). The van der Waals surface area contributed by atoms with E-state index in [1.54, 1.807) is 22.9 Å². The van der Waals surface area contributed by atoms with Crippen LogP contribution in [0.3, 0.4) is 0 Å². The van der Waals surface area contributed by atoms with E-state index >= 15 is 0 Å². The van der Waals surface area contributed by atoms with Crippen LogP contribution in [0.2, 0.25) is 0 Å². The molecule has 0 aliphatic heterocycles. The molecule has 2 aromatic rings. The Morgan fingerprint density at radius 2 is 1.93 bits per heavy atom. The Balaban J connectivity index is 2.54. The van der Waals surface area contributed by atoms with Gasteiger partial charge in [0.25, 0.3) is 0 Å². The van der Waals surface area contributed by atoms with Gasteiger partial charge >= 0.3 is 0 Å². The molecule has 3 nitrogen and oxygen atoms in total. The van der Waals surface area contributed by atoms with E-state index < -0.39 is 0 Å². The summed E-state index contributed by atoms with van der Waals surface area (Å²) in [5.74, 6) is 0.0899. The van der Waals surface area contributed by atoms with Crippen LogP contribution in [-0.4, -0.2) is 9.55 Å². The van der Waals surface area contributed by atoms with E-state index in [9.17, 15) is 4.39 Å². The molecule has 0 spiro atoms. The minimum atomic E-state index is -0.274. The van der Waals surface area contributed by atoms with E-state index in [0.29, 0.717) is 5.95 Å². The summed E-state index contributed by atoms with van der Waals surface area (Å²) in [6, 6.07) is 6.03. The lowest BCUT2D eigenvalue weighted by atomic mass is 10.3. The van der Waals surface area contributed by atoms with Gasteiger partial charge in [-0.3, -0.25) is 4.57 Å². The Hall–Kier alpha value is -1.36. The summed E-state index contributed by atoms with van der Waals surface area (Å²) in [5.41, 5.74) is 6.41. The summed E-state index contributed by atoms with van der Waals surface area (Å²) >= 11 is 3.30. The Kier molecular flexibility index (Phi) is 2.25. The topological polar surface area (TPSA) is 43.8 Å².